The maximum atomic E-state index is 13.6. The summed E-state index contributed by atoms with van der Waals surface area (Å²) in [5, 5.41) is 7.53. The summed E-state index contributed by atoms with van der Waals surface area (Å²) >= 11 is 0. The third kappa shape index (κ3) is 3.65. The molecule has 5 rings (SSSR count). The Hall–Kier alpha value is -4.26. The van der Waals surface area contributed by atoms with Crippen molar-refractivity contribution in [1.82, 2.24) is 15.1 Å². The second-order valence-corrected chi connectivity index (χ2v) is 8.02. The molecule has 7 heteroatoms. The highest BCUT2D eigenvalue weighted by atomic mass is 16.5. The fourth-order valence-corrected chi connectivity index (χ4v) is 4.47. The van der Waals surface area contributed by atoms with Crippen molar-refractivity contribution < 1.29 is 19.0 Å². The Morgan fingerprint density at radius 1 is 0.882 bits per heavy atom. The minimum atomic E-state index is -0.389. The molecule has 0 saturated heterocycles. The number of nitrogens with zero attached hydrogens (tertiary/aromatic N) is 2. The minimum absolute atomic E-state index is 0.108. The number of hydrogen-bond donors (Lipinski definition) is 1. The molecule has 0 bridgehead atoms. The summed E-state index contributed by atoms with van der Waals surface area (Å²) in [6, 6.07) is 22.9. The predicted molar refractivity (Wildman–Crippen MR) is 128 cm³/mol. The highest BCUT2D eigenvalue weighted by molar-refractivity contribution is 6.00. The molecule has 1 N–H and O–H groups in total. The number of amides is 1. The van der Waals surface area contributed by atoms with Gasteiger partial charge in [-0.25, -0.2) is 0 Å². The van der Waals surface area contributed by atoms with Crippen molar-refractivity contribution in [3.05, 3.63) is 95.2 Å². The first-order valence-electron chi connectivity index (χ1n) is 10.9. The number of H-pyrrole nitrogens is 1. The maximum absolute atomic E-state index is 13.6. The second-order valence-electron chi connectivity index (χ2n) is 8.02. The van der Waals surface area contributed by atoms with Gasteiger partial charge in [0.25, 0.3) is 5.91 Å². The number of nitrogens with one attached hydrogen (secondary N) is 1. The number of aromatic amines is 1. The van der Waals surface area contributed by atoms with Crippen LogP contribution in [0.2, 0.25) is 0 Å². The van der Waals surface area contributed by atoms with Gasteiger partial charge in [-0.05, 0) is 29.8 Å². The lowest BCUT2D eigenvalue weighted by molar-refractivity contribution is 0.0728. The van der Waals surface area contributed by atoms with Crippen LogP contribution in [-0.4, -0.2) is 42.3 Å². The van der Waals surface area contributed by atoms with Gasteiger partial charge in [-0.1, -0.05) is 42.5 Å². The third-order valence-electron chi connectivity index (χ3n) is 6.16. The lowest BCUT2D eigenvalue weighted by Crippen LogP contribution is -2.29. The molecule has 4 aromatic rings. The normalized spacial score (nSPS) is 14.7. The number of fused-ring (bicyclic) bond motifs is 1. The van der Waals surface area contributed by atoms with E-state index in [2.05, 4.69) is 10.2 Å². The van der Waals surface area contributed by atoms with E-state index in [1.165, 1.54) is 0 Å². The van der Waals surface area contributed by atoms with E-state index < -0.39 is 0 Å². The summed E-state index contributed by atoms with van der Waals surface area (Å²) in [7, 11) is 4.87. The molecular formula is C27H25N3O4. The Kier molecular flexibility index (Phi) is 5.67. The van der Waals surface area contributed by atoms with Gasteiger partial charge in [0.2, 0.25) is 0 Å². The minimum Gasteiger partial charge on any atom is -0.497 e. The van der Waals surface area contributed by atoms with Crippen molar-refractivity contribution in [2.75, 3.05) is 21.3 Å². The molecule has 0 radical (unpaired) electrons. The van der Waals surface area contributed by atoms with Crippen molar-refractivity contribution in [2.45, 2.75) is 12.6 Å². The van der Waals surface area contributed by atoms with Crippen molar-refractivity contribution in [1.29, 1.82) is 0 Å². The van der Waals surface area contributed by atoms with E-state index in [0.717, 1.165) is 33.7 Å². The van der Waals surface area contributed by atoms with Crippen LogP contribution in [0.5, 0.6) is 17.2 Å². The number of benzene rings is 3. The summed E-state index contributed by atoms with van der Waals surface area (Å²) in [6.45, 7) is 0.416. The van der Waals surface area contributed by atoms with E-state index in [9.17, 15) is 4.79 Å². The first kappa shape index (κ1) is 21.6. The number of ether oxygens (including phenoxy) is 3. The summed E-state index contributed by atoms with van der Waals surface area (Å²) in [5.41, 5.74) is 4.89. The number of carbonyl (C=O) groups excluding carboxylic acids is 1. The molecule has 0 spiro atoms. The zero-order chi connectivity index (χ0) is 23.7. The van der Waals surface area contributed by atoms with Gasteiger partial charge in [-0.2, -0.15) is 5.10 Å². The van der Waals surface area contributed by atoms with E-state index in [-0.39, 0.29) is 11.9 Å². The molecule has 3 aromatic carbocycles. The quantitative estimate of drug-likeness (QED) is 0.431. The van der Waals surface area contributed by atoms with Crippen LogP contribution in [0.1, 0.15) is 33.2 Å². The average molecular weight is 456 g/mol. The zero-order valence-corrected chi connectivity index (χ0v) is 19.2. The Labute approximate surface area is 197 Å². The van der Waals surface area contributed by atoms with Crippen LogP contribution in [0.15, 0.2) is 72.8 Å². The number of methoxy groups -OCH3 is 3. The topological polar surface area (TPSA) is 76.7 Å². The monoisotopic (exact) mass is 455 g/mol. The molecule has 7 nitrogen and oxygen atoms in total. The molecule has 1 aromatic heterocycles. The Bertz CT molecular complexity index is 1320. The van der Waals surface area contributed by atoms with E-state index >= 15 is 0 Å². The van der Waals surface area contributed by atoms with Gasteiger partial charge in [0.1, 0.15) is 22.9 Å². The van der Waals surface area contributed by atoms with Gasteiger partial charge in [-0.15, -0.1) is 0 Å². The van der Waals surface area contributed by atoms with Gasteiger partial charge in [0, 0.05) is 29.3 Å². The molecule has 1 aliphatic rings. The van der Waals surface area contributed by atoms with Crippen LogP contribution in [0.3, 0.4) is 0 Å². The molecule has 1 amide bonds. The summed E-state index contributed by atoms with van der Waals surface area (Å²) in [6.07, 6.45) is 0. The van der Waals surface area contributed by atoms with Crippen LogP contribution >= 0.6 is 0 Å². The molecule has 0 fully saturated rings. The van der Waals surface area contributed by atoms with Crippen LogP contribution in [0.4, 0.5) is 0 Å². The SMILES string of the molecule is COc1ccc(CN2C(=O)c3[nH]nc(-c4ccccc4)c3C2c2ccc(OC)cc2OC)cc1. The predicted octanol–water partition coefficient (Wildman–Crippen LogP) is 4.85. The fourth-order valence-electron chi connectivity index (χ4n) is 4.47. The average Bonchev–Trinajstić information content (AvgIpc) is 3.43. The summed E-state index contributed by atoms with van der Waals surface area (Å²) in [4.78, 5) is 15.5. The van der Waals surface area contributed by atoms with E-state index in [1.807, 2.05) is 77.7 Å². The number of aromatic nitrogens is 2. The number of rotatable bonds is 7. The fraction of sp³-hybridized carbons (Fsp3) is 0.185. The molecule has 172 valence electrons. The Morgan fingerprint density at radius 3 is 2.26 bits per heavy atom. The standard InChI is InChI=1S/C27H25N3O4/c1-32-19-11-9-17(10-12-19)16-30-26(21-14-13-20(33-2)15-22(21)34-3)23-24(18-7-5-4-6-8-18)28-29-25(23)27(30)31/h4-15,26H,16H2,1-3H3,(H,28,29). The first-order valence-corrected chi connectivity index (χ1v) is 10.9. The molecule has 1 atom stereocenters. The Morgan fingerprint density at radius 2 is 1.59 bits per heavy atom. The zero-order valence-electron chi connectivity index (χ0n) is 19.2. The molecule has 0 saturated carbocycles. The highest BCUT2D eigenvalue weighted by Gasteiger charge is 2.43. The maximum Gasteiger partial charge on any atom is 0.273 e. The third-order valence-corrected chi connectivity index (χ3v) is 6.16. The number of carbonyl (C=O) groups is 1. The van der Waals surface area contributed by atoms with E-state index in [1.54, 1.807) is 21.3 Å². The summed E-state index contributed by atoms with van der Waals surface area (Å²) in [5.74, 6) is 1.99. The lowest BCUT2D eigenvalue weighted by atomic mass is 9.95. The lowest BCUT2D eigenvalue weighted by Gasteiger charge is -2.28. The largest absolute Gasteiger partial charge is 0.497 e. The van der Waals surface area contributed by atoms with Crippen molar-refractivity contribution in [3.63, 3.8) is 0 Å². The van der Waals surface area contributed by atoms with Crippen molar-refractivity contribution in [2.24, 2.45) is 0 Å². The van der Waals surface area contributed by atoms with E-state index in [4.69, 9.17) is 14.2 Å². The van der Waals surface area contributed by atoms with Crippen molar-refractivity contribution in [3.8, 4) is 28.5 Å². The molecule has 0 aliphatic carbocycles. The molecule has 1 unspecified atom stereocenters. The highest BCUT2D eigenvalue weighted by Crippen LogP contribution is 2.46. The second kappa shape index (κ2) is 8.94. The van der Waals surface area contributed by atoms with Crippen LogP contribution in [0.25, 0.3) is 11.3 Å². The van der Waals surface area contributed by atoms with Gasteiger partial charge < -0.3 is 19.1 Å². The molecule has 1 aliphatic heterocycles. The molecule has 34 heavy (non-hydrogen) atoms. The van der Waals surface area contributed by atoms with Gasteiger partial charge >= 0.3 is 0 Å². The van der Waals surface area contributed by atoms with Crippen LogP contribution in [-0.2, 0) is 6.54 Å². The Balaban J connectivity index is 1.65. The van der Waals surface area contributed by atoms with Gasteiger partial charge in [0.05, 0.1) is 33.1 Å². The van der Waals surface area contributed by atoms with E-state index in [0.29, 0.717) is 23.7 Å². The summed E-state index contributed by atoms with van der Waals surface area (Å²) < 4.78 is 16.4. The first-order chi connectivity index (χ1) is 16.6. The van der Waals surface area contributed by atoms with Crippen LogP contribution in [0, 0.1) is 0 Å². The van der Waals surface area contributed by atoms with Crippen LogP contribution < -0.4 is 14.2 Å². The van der Waals surface area contributed by atoms with Crippen molar-refractivity contribution >= 4 is 5.91 Å². The molecule has 2 heterocycles. The van der Waals surface area contributed by atoms with Gasteiger partial charge in [-0.3, -0.25) is 9.89 Å². The van der Waals surface area contributed by atoms with Gasteiger partial charge in [0.15, 0.2) is 0 Å². The molecular weight excluding hydrogens is 430 g/mol. The number of hydrogen-bond acceptors (Lipinski definition) is 5. The smallest absolute Gasteiger partial charge is 0.273 e.